The minimum Gasteiger partial charge on any atom is -0.452 e. The van der Waals surface area contributed by atoms with Crippen molar-refractivity contribution >= 4 is 40.5 Å². The van der Waals surface area contributed by atoms with Crippen LogP contribution < -0.4 is 10.6 Å². The number of hydrogen-bond acceptors (Lipinski definition) is 5. The van der Waals surface area contributed by atoms with Crippen molar-refractivity contribution in [1.29, 1.82) is 0 Å². The van der Waals surface area contributed by atoms with Crippen LogP contribution in [0.5, 0.6) is 0 Å². The summed E-state index contributed by atoms with van der Waals surface area (Å²) in [5, 5.41) is 8.82. The van der Waals surface area contributed by atoms with Crippen molar-refractivity contribution in [2.24, 2.45) is 0 Å². The fourth-order valence-electron chi connectivity index (χ4n) is 2.29. The van der Waals surface area contributed by atoms with Crippen molar-refractivity contribution in [2.45, 2.75) is 0 Å². The molecule has 0 aliphatic carbocycles. The molecule has 2 amide bonds. The molecule has 0 saturated carbocycles. The summed E-state index contributed by atoms with van der Waals surface area (Å²) in [7, 11) is 0. The molecule has 1 aromatic heterocycles. The number of hydrogen-bond donors (Lipinski definition) is 2. The second kappa shape index (κ2) is 8.77. The lowest BCUT2D eigenvalue weighted by molar-refractivity contribution is -0.119. The van der Waals surface area contributed by atoms with Crippen LogP contribution in [0.3, 0.4) is 0 Å². The molecule has 0 fully saturated rings. The monoisotopic (exact) mass is 380 g/mol. The molecule has 0 aliphatic heterocycles. The Balaban J connectivity index is 1.61. The lowest BCUT2D eigenvalue weighted by Crippen LogP contribution is -2.22. The molecule has 0 radical (unpaired) electrons. The van der Waals surface area contributed by atoms with Gasteiger partial charge in [-0.15, -0.1) is 0 Å². The molecule has 3 rings (SSSR count). The highest BCUT2D eigenvalue weighted by atomic mass is 32.1. The van der Waals surface area contributed by atoms with Gasteiger partial charge in [0.1, 0.15) is 0 Å². The maximum Gasteiger partial charge on any atom is 0.340 e. The van der Waals surface area contributed by atoms with E-state index in [1.807, 2.05) is 6.07 Å². The van der Waals surface area contributed by atoms with Gasteiger partial charge in [-0.05, 0) is 35.7 Å². The molecule has 6 nitrogen and oxygen atoms in total. The van der Waals surface area contributed by atoms with Gasteiger partial charge >= 0.3 is 5.97 Å². The third kappa shape index (κ3) is 5.02. The Morgan fingerprint density at radius 3 is 2.37 bits per heavy atom. The summed E-state index contributed by atoms with van der Waals surface area (Å²) in [5.74, 6) is -1.47. The van der Waals surface area contributed by atoms with Crippen LogP contribution in [-0.4, -0.2) is 24.4 Å². The average Bonchev–Trinajstić information content (AvgIpc) is 3.22. The minimum absolute atomic E-state index is 0.175. The highest BCUT2D eigenvalue weighted by molar-refractivity contribution is 7.08. The van der Waals surface area contributed by atoms with Crippen LogP contribution >= 0.6 is 11.3 Å². The Morgan fingerprint density at radius 2 is 1.63 bits per heavy atom. The van der Waals surface area contributed by atoms with Crippen molar-refractivity contribution in [1.82, 2.24) is 0 Å². The van der Waals surface area contributed by atoms with Gasteiger partial charge in [-0.3, -0.25) is 9.59 Å². The Hall–Kier alpha value is -3.45. The summed E-state index contributed by atoms with van der Waals surface area (Å²) >= 11 is 1.40. The first kappa shape index (κ1) is 18.3. The van der Waals surface area contributed by atoms with Crippen LogP contribution in [0.15, 0.2) is 71.4 Å². The fraction of sp³-hybridized carbons (Fsp3) is 0.0500. The number of carbonyl (C=O) groups is 3. The third-order valence-corrected chi connectivity index (χ3v) is 4.25. The molecule has 2 aromatic carbocycles. The normalized spacial score (nSPS) is 10.1. The summed E-state index contributed by atoms with van der Waals surface area (Å²) in [4.78, 5) is 36.4. The summed E-state index contributed by atoms with van der Waals surface area (Å²) in [5.41, 5.74) is 1.61. The largest absolute Gasteiger partial charge is 0.452 e. The number of esters is 1. The van der Waals surface area contributed by atoms with E-state index in [2.05, 4.69) is 10.6 Å². The predicted molar refractivity (Wildman–Crippen MR) is 104 cm³/mol. The molecule has 3 aromatic rings. The molecule has 0 aliphatic rings. The molecule has 0 spiro atoms. The molecule has 27 heavy (non-hydrogen) atoms. The Bertz CT molecular complexity index is 940. The van der Waals surface area contributed by atoms with Crippen molar-refractivity contribution < 1.29 is 19.1 Å². The van der Waals surface area contributed by atoms with Gasteiger partial charge in [0.15, 0.2) is 6.61 Å². The highest BCUT2D eigenvalue weighted by Gasteiger charge is 2.16. The summed E-state index contributed by atoms with van der Waals surface area (Å²) in [6, 6.07) is 17.0. The Morgan fingerprint density at radius 1 is 0.889 bits per heavy atom. The summed E-state index contributed by atoms with van der Waals surface area (Å²) in [6.07, 6.45) is 0. The maximum atomic E-state index is 12.3. The number of amides is 2. The van der Waals surface area contributed by atoms with E-state index in [1.165, 1.54) is 17.4 Å². The standard InChI is InChI=1S/C20H16N2O4S/c23-18(21-15-6-2-1-3-7-15)12-26-20(25)16-8-4-5-9-17(16)22-19(24)14-10-11-27-13-14/h1-11,13H,12H2,(H,21,23)(H,22,24). The predicted octanol–water partition coefficient (Wildman–Crippen LogP) is 3.80. The molecule has 1 heterocycles. The van der Waals surface area contributed by atoms with Crippen molar-refractivity contribution in [2.75, 3.05) is 17.2 Å². The van der Waals surface area contributed by atoms with Crippen molar-refractivity contribution in [3.8, 4) is 0 Å². The van der Waals surface area contributed by atoms with Crippen molar-refractivity contribution in [3.05, 3.63) is 82.6 Å². The van der Waals surface area contributed by atoms with Gasteiger partial charge in [0, 0.05) is 11.1 Å². The Labute approximate surface area is 159 Å². The van der Waals surface area contributed by atoms with Crippen LogP contribution in [0.4, 0.5) is 11.4 Å². The summed E-state index contributed by atoms with van der Waals surface area (Å²) in [6.45, 7) is -0.430. The van der Waals surface area contributed by atoms with E-state index in [4.69, 9.17) is 4.74 Å². The van der Waals surface area contributed by atoms with E-state index in [9.17, 15) is 14.4 Å². The van der Waals surface area contributed by atoms with Gasteiger partial charge in [0.2, 0.25) is 0 Å². The minimum atomic E-state index is -0.695. The highest BCUT2D eigenvalue weighted by Crippen LogP contribution is 2.18. The Kier molecular flexibility index (Phi) is 5.96. The zero-order valence-corrected chi connectivity index (χ0v) is 15.0. The number of nitrogens with one attached hydrogen (secondary N) is 2. The molecule has 7 heteroatoms. The number of carbonyl (C=O) groups excluding carboxylic acids is 3. The van der Waals surface area contributed by atoms with E-state index >= 15 is 0 Å². The van der Waals surface area contributed by atoms with Crippen LogP contribution in [0.25, 0.3) is 0 Å². The van der Waals surface area contributed by atoms with E-state index in [-0.39, 0.29) is 11.5 Å². The number of para-hydroxylation sites is 2. The average molecular weight is 380 g/mol. The van der Waals surface area contributed by atoms with Gasteiger partial charge in [-0.1, -0.05) is 30.3 Å². The van der Waals surface area contributed by atoms with Crippen molar-refractivity contribution in [3.63, 3.8) is 0 Å². The zero-order chi connectivity index (χ0) is 19.1. The molecule has 2 N–H and O–H groups in total. The third-order valence-electron chi connectivity index (χ3n) is 3.57. The van der Waals surface area contributed by atoms with Crippen LogP contribution in [0.1, 0.15) is 20.7 Å². The first-order chi connectivity index (χ1) is 13.1. The fourth-order valence-corrected chi connectivity index (χ4v) is 2.92. The molecule has 0 unspecified atom stereocenters. The number of ether oxygens (including phenoxy) is 1. The van der Waals surface area contributed by atoms with E-state index < -0.39 is 18.5 Å². The number of rotatable bonds is 6. The second-order valence-corrected chi connectivity index (χ2v) is 6.28. The molecule has 136 valence electrons. The first-order valence-electron chi connectivity index (χ1n) is 8.08. The summed E-state index contributed by atoms with van der Waals surface area (Å²) < 4.78 is 5.07. The molecule has 0 atom stereocenters. The number of thiophene rings is 1. The van der Waals surface area contributed by atoms with Gasteiger partial charge in [0.05, 0.1) is 16.8 Å². The smallest absolute Gasteiger partial charge is 0.340 e. The molecule has 0 bridgehead atoms. The van der Waals surface area contributed by atoms with E-state index in [0.717, 1.165) is 0 Å². The first-order valence-corrected chi connectivity index (χ1v) is 9.02. The number of anilines is 2. The number of benzene rings is 2. The SMILES string of the molecule is O=C(COC(=O)c1ccccc1NC(=O)c1ccsc1)Nc1ccccc1. The van der Waals surface area contributed by atoms with Crippen LogP contribution in [-0.2, 0) is 9.53 Å². The second-order valence-electron chi connectivity index (χ2n) is 5.50. The van der Waals surface area contributed by atoms with Gasteiger partial charge in [-0.2, -0.15) is 11.3 Å². The lowest BCUT2D eigenvalue weighted by atomic mass is 10.1. The maximum absolute atomic E-state index is 12.3. The molecular formula is C20H16N2O4S. The van der Waals surface area contributed by atoms with Crippen LogP contribution in [0, 0.1) is 0 Å². The lowest BCUT2D eigenvalue weighted by Gasteiger charge is -2.11. The van der Waals surface area contributed by atoms with Crippen LogP contribution in [0.2, 0.25) is 0 Å². The van der Waals surface area contributed by atoms with Gasteiger partial charge < -0.3 is 15.4 Å². The van der Waals surface area contributed by atoms with Gasteiger partial charge in [0.25, 0.3) is 11.8 Å². The van der Waals surface area contributed by atoms with E-state index in [1.54, 1.807) is 59.3 Å². The molecule has 0 saturated heterocycles. The topological polar surface area (TPSA) is 84.5 Å². The quantitative estimate of drug-likeness (QED) is 0.637. The zero-order valence-electron chi connectivity index (χ0n) is 14.2. The van der Waals surface area contributed by atoms with E-state index in [0.29, 0.717) is 16.9 Å². The van der Waals surface area contributed by atoms with Gasteiger partial charge in [-0.25, -0.2) is 4.79 Å². The molecular weight excluding hydrogens is 364 g/mol.